The first kappa shape index (κ1) is 23.8. The lowest BCUT2D eigenvalue weighted by Gasteiger charge is -2.39. The second-order valence-electron chi connectivity index (χ2n) is 9.87. The zero-order chi connectivity index (χ0) is 22.8. The lowest BCUT2D eigenvalue weighted by atomic mass is 10.0. The molecule has 0 spiro atoms. The molecule has 0 amide bonds. The van der Waals surface area contributed by atoms with Crippen LogP contribution in [0.1, 0.15) is 57.1 Å². The highest BCUT2D eigenvalue weighted by molar-refractivity contribution is 7.09. The number of aryl methyl sites for hydroxylation is 1. The zero-order valence-corrected chi connectivity index (χ0v) is 21.1. The second kappa shape index (κ2) is 9.34. The molecule has 3 rings (SSSR count). The Morgan fingerprint density at radius 2 is 1.94 bits per heavy atom. The quantitative estimate of drug-likeness (QED) is 0.423. The van der Waals surface area contributed by atoms with Gasteiger partial charge in [0.25, 0.3) is 0 Å². The highest BCUT2D eigenvalue weighted by atomic mass is 32.1. The smallest absolute Gasteiger partial charge is 0.303 e. The maximum Gasteiger partial charge on any atom is 0.303 e. The number of fused-ring (bicyclic) bond motifs is 1. The first-order valence-electron chi connectivity index (χ1n) is 10.9. The third kappa shape index (κ3) is 5.90. The maximum absolute atomic E-state index is 11.0. The molecule has 1 aromatic carbocycles. The van der Waals surface area contributed by atoms with Gasteiger partial charge in [-0.05, 0) is 60.1 Å². The van der Waals surface area contributed by atoms with E-state index in [1.807, 2.05) is 19.1 Å². The van der Waals surface area contributed by atoms with E-state index in [9.17, 15) is 4.79 Å². The van der Waals surface area contributed by atoms with E-state index in [0.29, 0.717) is 11.5 Å². The largest absolute Gasteiger partial charge is 0.481 e. The van der Waals surface area contributed by atoms with Crippen LogP contribution in [0.4, 0.5) is 0 Å². The first-order valence-corrected chi connectivity index (χ1v) is 14.6. The van der Waals surface area contributed by atoms with Crippen molar-refractivity contribution >= 4 is 25.6 Å². The van der Waals surface area contributed by atoms with Gasteiger partial charge in [-0.15, -0.1) is 11.3 Å². The Balaban J connectivity index is 1.80. The van der Waals surface area contributed by atoms with Crippen molar-refractivity contribution in [3.8, 4) is 11.5 Å². The van der Waals surface area contributed by atoms with Crippen LogP contribution < -0.4 is 9.47 Å². The standard InChI is InChI=1S/C24H34O5SSi/c1-16(14-22(25)26)23-27-20-11-9-17(15-21(20)28-23)19(12-10-18-8-7-13-30-18)29-31(5,6)24(2,3)4/h7-9,11,13,15-16,19,23H,10,12,14H2,1-6H3,(H,25,26). The Bertz CT molecular complexity index is 888. The molecule has 1 aliphatic rings. The van der Waals surface area contributed by atoms with Crippen molar-refractivity contribution in [2.24, 2.45) is 5.92 Å². The number of hydrogen-bond acceptors (Lipinski definition) is 5. The Morgan fingerprint density at radius 3 is 2.55 bits per heavy atom. The number of rotatable bonds is 9. The van der Waals surface area contributed by atoms with Crippen LogP contribution in [0.15, 0.2) is 35.7 Å². The Hall–Kier alpha value is -1.83. The predicted octanol–water partition coefficient (Wildman–Crippen LogP) is 6.65. The van der Waals surface area contributed by atoms with Gasteiger partial charge in [0.2, 0.25) is 6.29 Å². The molecular weight excluding hydrogens is 428 g/mol. The summed E-state index contributed by atoms with van der Waals surface area (Å²) >= 11 is 1.78. The number of hydrogen-bond donors (Lipinski definition) is 1. The summed E-state index contributed by atoms with van der Waals surface area (Å²) in [5.74, 6) is 0.231. The van der Waals surface area contributed by atoms with E-state index < -0.39 is 20.6 Å². The molecule has 0 radical (unpaired) electrons. The summed E-state index contributed by atoms with van der Waals surface area (Å²) in [7, 11) is -1.98. The maximum atomic E-state index is 11.0. The molecule has 2 heterocycles. The molecule has 0 aliphatic carbocycles. The SMILES string of the molecule is CC(CC(=O)O)C1Oc2ccc(C(CCc3cccs3)O[Si](C)(C)C(C)(C)C)cc2O1. The third-order valence-corrected chi connectivity index (χ3v) is 11.7. The van der Waals surface area contributed by atoms with Crippen LogP contribution >= 0.6 is 11.3 Å². The fourth-order valence-corrected chi connectivity index (χ4v) is 5.39. The highest BCUT2D eigenvalue weighted by Crippen LogP contribution is 2.44. The van der Waals surface area contributed by atoms with E-state index in [2.05, 4.69) is 57.4 Å². The summed E-state index contributed by atoms with van der Waals surface area (Å²) in [6, 6.07) is 10.2. The van der Waals surface area contributed by atoms with Crippen molar-refractivity contribution in [1.29, 1.82) is 0 Å². The lowest BCUT2D eigenvalue weighted by Crippen LogP contribution is -2.41. The topological polar surface area (TPSA) is 65.0 Å². The number of aliphatic carboxylic acids is 1. The van der Waals surface area contributed by atoms with Crippen LogP contribution in [0.25, 0.3) is 0 Å². The average Bonchev–Trinajstić information content (AvgIpc) is 3.32. The van der Waals surface area contributed by atoms with Crippen molar-refractivity contribution in [3.05, 3.63) is 46.2 Å². The van der Waals surface area contributed by atoms with Gasteiger partial charge in [-0.3, -0.25) is 4.79 Å². The van der Waals surface area contributed by atoms with Gasteiger partial charge in [0.1, 0.15) is 0 Å². The predicted molar refractivity (Wildman–Crippen MR) is 127 cm³/mol. The van der Waals surface area contributed by atoms with Gasteiger partial charge >= 0.3 is 5.97 Å². The van der Waals surface area contributed by atoms with Crippen LogP contribution in [0.3, 0.4) is 0 Å². The monoisotopic (exact) mass is 462 g/mol. The fraction of sp³-hybridized carbons (Fsp3) is 0.542. The summed E-state index contributed by atoms with van der Waals surface area (Å²) in [5.41, 5.74) is 1.08. The Kier molecular flexibility index (Phi) is 7.18. The molecule has 5 nitrogen and oxygen atoms in total. The van der Waals surface area contributed by atoms with Crippen molar-refractivity contribution in [2.45, 2.75) is 77.5 Å². The average molecular weight is 463 g/mol. The molecule has 0 saturated heterocycles. The number of carbonyl (C=O) groups is 1. The summed E-state index contributed by atoms with van der Waals surface area (Å²) in [5, 5.41) is 11.3. The molecule has 0 saturated carbocycles. The molecule has 1 aromatic heterocycles. The molecule has 7 heteroatoms. The minimum atomic E-state index is -1.98. The minimum Gasteiger partial charge on any atom is -0.481 e. The third-order valence-electron chi connectivity index (χ3n) is 6.26. The number of ether oxygens (including phenoxy) is 2. The Morgan fingerprint density at radius 1 is 1.23 bits per heavy atom. The van der Waals surface area contributed by atoms with Gasteiger partial charge in [-0.2, -0.15) is 0 Å². The minimum absolute atomic E-state index is 0.00341. The summed E-state index contributed by atoms with van der Waals surface area (Å²) in [4.78, 5) is 12.4. The van der Waals surface area contributed by atoms with E-state index in [1.54, 1.807) is 11.3 Å². The van der Waals surface area contributed by atoms with Crippen LogP contribution in [0, 0.1) is 5.92 Å². The molecule has 3 unspecified atom stereocenters. The molecule has 1 N–H and O–H groups in total. The van der Waals surface area contributed by atoms with Gasteiger partial charge in [-0.1, -0.05) is 39.8 Å². The molecule has 2 aromatic rings. The lowest BCUT2D eigenvalue weighted by molar-refractivity contribution is -0.140. The molecule has 1 aliphatic heterocycles. The second-order valence-corrected chi connectivity index (χ2v) is 15.7. The number of carboxylic acids is 1. The van der Waals surface area contributed by atoms with E-state index in [0.717, 1.165) is 18.4 Å². The van der Waals surface area contributed by atoms with Crippen LogP contribution in [0.5, 0.6) is 11.5 Å². The van der Waals surface area contributed by atoms with Crippen molar-refractivity contribution in [2.75, 3.05) is 0 Å². The van der Waals surface area contributed by atoms with Gasteiger partial charge in [0.15, 0.2) is 19.8 Å². The summed E-state index contributed by atoms with van der Waals surface area (Å²) in [6.45, 7) is 13.1. The Labute approximate surface area is 190 Å². The zero-order valence-electron chi connectivity index (χ0n) is 19.3. The van der Waals surface area contributed by atoms with Crippen molar-refractivity contribution in [1.82, 2.24) is 0 Å². The molecule has 0 bridgehead atoms. The molecular formula is C24H34O5SSi. The van der Waals surface area contributed by atoms with Crippen LogP contribution in [0.2, 0.25) is 18.1 Å². The summed E-state index contributed by atoms with van der Waals surface area (Å²) < 4.78 is 18.7. The normalized spacial score (nSPS) is 18.1. The highest BCUT2D eigenvalue weighted by Gasteiger charge is 2.40. The molecule has 0 fully saturated rings. The van der Waals surface area contributed by atoms with Crippen molar-refractivity contribution < 1.29 is 23.8 Å². The van der Waals surface area contributed by atoms with E-state index in [-0.39, 0.29) is 23.5 Å². The molecule has 170 valence electrons. The number of thiophene rings is 1. The van der Waals surface area contributed by atoms with Crippen LogP contribution in [-0.4, -0.2) is 25.7 Å². The van der Waals surface area contributed by atoms with E-state index in [4.69, 9.17) is 19.0 Å². The van der Waals surface area contributed by atoms with Crippen LogP contribution in [-0.2, 0) is 15.6 Å². The van der Waals surface area contributed by atoms with Gasteiger partial charge in [0, 0.05) is 10.8 Å². The van der Waals surface area contributed by atoms with Gasteiger partial charge < -0.3 is 19.0 Å². The van der Waals surface area contributed by atoms with E-state index >= 15 is 0 Å². The van der Waals surface area contributed by atoms with E-state index in [1.165, 1.54) is 4.88 Å². The number of carboxylic acid groups (broad SMARTS) is 1. The molecule has 3 atom stereocenters. The molecule has 31 heavy (non-hydrogen) atoms. The van der Waals surface area contributed by atoms with Gasteiger partial charge in [0.05, 0.1) is 12.5 Å². The first-order chi connectivity index (χ1) is 14.5. The van der Waals surface area contributed by atoms with Gasteiger partial charge in [-0.25, -0.2) is 0 Å². The summed E-state index contributed by atoms with van der Waals surface area (Å²) in [6.07, 6.45) is 1.25. The van der Waals surface area contributed by atoms with Crippen molar-refractivity contribution in [3.63, 3.8) is 0 Å². The fourth-order valence-electron chi connectivity index (χ4n) is 3.35. The number of benzene rings is 1.